The van der Waals surface area contributed by atoms with E-state index < -0.39 is 23.5 Å². The van der Waals surface area contributed by atoms with E-state index in [0.29, 0.717) is 40.1 Å². The number of aryl methyl sites for hydroxylation is 1. The maximum Gasteiger partial charge on any atom is 0.413 e. The minimum absolute atomic E-state index is 0.250. The lowest BCUT2D eigenvalue weighted by Crippen LogP contribution is -2.46. The number of anilines is 2. The minimum atomic E-state index is -0.772. The number of nitrogens with one attached hydrogen (secondary N) is 2. The van der Waals surface area contributed by atoms with Gasteiger partial charge in [0.05, 0.1) is 17.9 Å². The Labute approximate surface area is 215 Å². The zero-order valence-electron chi connectivity index (χ0n) is 20.4. The molecule has 1 fully saturated rings. The highest BCUT2D eigenvalue weighted by Crippen LogP contribution is 2.36. The summed E-state index contributed by atoms with van der Waals surface area (Å²) in [5, 5.41) is 6.15. The van der Waals surface area contributed by atoms with Crippen LogP contribution < -0.4 is 10.6 Å². The number of likely N-dealkylation sites (tertiary alicyclic amines) is 1. The number of amides is 3. The molecule has 2 heterocycles. The van der Waals surface area contributed by atoms with E-state index in [1.165, 1.54) is 6.20 Å². The normalized spacial score (nSPS) is 18.1. The maximum absolute atomic E-state index is 13.2. The van der Waals surface area contributed by atoms with Gasteiger partial charge in [-0.2, -0.15) is 0 Å². The van der Waals surface area contributed by atoms with Crippen molar-refractivity contribution in [1.82, 2.24) is 9.88 Å². The van der Waals surface area contributed by atoms with Crippen LogP contribution in [0.1, 0.15) is 57.7 Å². The lowest BCUT2D eigenvalue weighted by atomic mass is 9.90. The summed E-state index contributed by atoms with van der Waals surface area (Å²) >= 11 is 12.4. The second-order valence-corrected chi connectivity index (χ2v) is 10.7. The topological polar surface area (TPSA) is 101 Å². The van der Waals surface area contributed by atoms with Gasteiger partial charge in [-0.05, 0) is 81.8 Å². The van der Waals surface area contributed by atoms with E-state index in [2.05, 4.69) is 15.6 Å². The average Bonchev–Trinajstić information content (AvgIpc) is 2.73. The second kappa shape index (κ2) is 10.8. The first-order valence-corrected chi connectivity index (χ1v) is 12.1. The summed E-state index contributed by atoms with van der Waals surface area (Å²) in [5.74, 6) is -0.872. The van der Waals surface area contributed by atoms with Gasteiger partial charge in [0, 0.05) is 16.6 Å². The highest BCUT2D eigenvalue weighted by atomic mass is 35.5. The highest BCUT2D eigenvalue weighted by molar-refractivity contribution is 6.39. The van der Waals surface area contributed by atoms with Gasteiger partial charge in [0.15, 0.2) is 0 Å². The Morgan fingerprint density at radius 1 is 1.06 bits per heavy atom. The number of halogens is 2. The molecule has 0 radical (unpaired) electrons. The number of ether oxygens (including phenoxy) is 1. The van der Waals surface area contributed by atoms with Crippen LogP contribution in [0.2, 0.25) is 10.0 Å². The molecule has 0 saturated carbocycles. The summed E-state index contributed by atoms with van der Waals surface area (Å²) in [6.45, 7) is 9.49. The van der Waals surface area contributed by atoms with Gasteiger partial charge >= 0.3 is 17.9 Å². The van der Waals surface area contributed by atoms with Crippen LogP contribution >= 0.6 is 23.2 Å². The van der Waals surface area contributed by atoms with Crippen LogP contribution in [0, 0.1) is 12.8 Å². The van der Waals surface area contributed by atoms with E-state index in [9.17, 15) is 14.4 Å². The van der Waals surface area contributed by atoms with Gasteiger partial charge < -0.3 is 15.0 Å². The van der Waals surface area contributed by atoms with Crippen molar-refractivity contribution in [2.24, 2.45) is 5.92 Å². The van der Waals surface area contributed by atoms with Crippen LogP contribution in [0.5, 0.6) is 0 Å². The Kier molecular flexibility index (Phi) is 8.28. The molecule has 1 aliphatic heterocycles. The maximum atomic E-state index is 13.2. The van der Waals surface area contributed by atoms with E-state index in [1.807, 2.05) is 6.92 Å². The second-order valence-electron chi connectivity index (χ2n) is 9.83. The Morgan fingerprint density at radius 3 is 2.31 bits per heavy atom. The van der Waals surface area contributed by atoms with Crippen LogP contribution in [0.3, 0.4) is 0 Å². The molecule has 35 heavy (non-hydrogen) atoms. The first kappa shape index (κ1) is 26.8. The van der Waals surface area contributed by atoms with Crippen LogP contribution in [0.4, 0.5) is 16.3 Å². The fraction of sp³-hybridized carbons (Fsp3) is 0.440. The minimum Gasteiger partial charge on any atom is -0.444 e. The summed E-state index contributed by atoms with van der Waals surface area (Å²) in [6.07, 6.45) is 2.35. The van der Waals surface area contributed by atoms with Gasteiger partial charge in [-0.25, -0.2) is 9.78 Å². The molecule has 1 aliphatic rings. The highest BCUT2D eigenvalue weighted by Gasteiger charge is 2.34. The van der Waals surface area contributed by atoms with Gasteiger partial charge in [0.2, 0.25) is 0 Å². The number of piperidine rings is 1. The molecule has 1 aromatic carbocycles. The Hall–Kier alpha value is -2.84. The molecule has 2 aromatic rings. The Morgan fingerprint density at radius 2 is 1.71 bits per heavy atom. The number of rotatable bonds is 3. The number of aromatic nitrogens is 1. The summed E-state index contributed by atoms with van der Waals surface area (Å²) in [7, 11) is 0. The molecular weight excluding hydrogens is 491 g/mol. The average molecular weight is 521 g/mol. The largest absolute Gasteiger partial charge is 0.444 e. The van der Waals surface area contributed by atoms with Crippen LogP contribution in [0.15, 0.2) is 30.5 Å². The van der Waals surface area contributed by atoms with Crippen LogP contribution in [0.25, 0.3) is 0 Å². The summed E-state index contributed by atoms with van der Waals surface area (Å²) in [6, 6.07) is 6.50. The molecule has 2 N–H and O–H groups in total. The van der Waals surface area contributed by atoms with E-state index >= 15 is 0 Å². The molecule has 8 nitrogen and oxygen atoms in total. The van der Waals surface area contributed by atoms with Crippen molar-refractivity contribution in [3.05, 3.63) is 51.6 Å². The Balaban J connectivity index is 1.73. The molecule has 188 valence electrons. The summed E-state index contributed by atoms with van der Waals surface area (Å²) in [5.41, 5.74) is 1.08. The number of nitrogens with zero attached hydrogens (tertiary/aromatic N) is 2. The van der Waals surface area contributed by atoms with Crippen molar-refractivity contribution >= 4 is 52.6 Å². The Bertz CT molecular complexity index is 1110. The van der Waals surface area contributed by atoms with Crippen molar-refractivity contribution in [2.75, 3.05) is 17.2 Å². The molecule has 0 spiro atoms. The molecule has 0 bridgehead atoms. The monoisotopic (exact) mass is 520 g/mol. The number of hydrogen-bond acceptors (Lipinski definition) is 5. The zero-order valence-corrected chi connectivity index (χ0v) is 22.0. The molecular formula is C25H30Cl2N4O4. The molecule has 1 saturated heterocycles. The predicted molar refractivity (Wildman–Crippen MR) is 137 cm³/mol. The van der Waals surface area contributed by atoms with Crippen molar-refractivity contribution in [2.45, 2.75) is 59.1 Å². The van der Waals surface area contributed by atoms with E-state index in [0.717, 1.165) is 12.0 Å². The van der Waals surface area contributed by atoms with Crippen molar-refractivity contribution in [3.63, 3.8) is 0 Å². The first-order valence-electron chi connectivity index (χ1n) is 11.4. The summed E-state index contributed by atoms with van der Waals surface area (Å²) in [4.78, 5) is 43.8. The van der Waals surface area contributed by atoms with Gasteiger partial charge in [-0.1, -0.05) is 30.1 Å². The fourth-order valence-corrected chi connectivity index (χ4v) is 4.52. The van der Waals surface area contributed by atoms with Crippen molar-refractivity contribution < 1.29 is 19.1 Å². The van der Waals surface area contributed by atoms with E-state index in [1.54, 1.807) is 56.9 Å². The molecule has 3 amide bonds. The zero-order chi connectivity index (χ0) is 25.9. The number of carbonyl (C=O) groups is 3. The van der Waals surface area contributed by atoms with E-state index in [-0.39, 0.29) is 12.0 Å². The molecule has 10 heteroatoms. The van der Waals surface area contributed by atoms with Gasteiger partial charge in [0.1, 0.15) is 11.4 Å². The SMILES string of the molecule is Cc1cc(NC(=O)C(=O)N2C[C@H](C)CC[C@H]2c2cc(Cl)cc(Cl)c2)cnc1NC(=O)OC(C)(C)C. The number of hydrogen-bond donors (Lipinski definition) is 2. The van der Waals surface area contributed by atoms with Gasteiger partial charge in [0.25, 0.3) is 0 Å². The number of benzene rings is 1. The third-order valence-electron chi connectivity index (χ3n) is 5.50. The third kappa shape index (κ3) is 7.32. The van der Waals surface area contributed by atoms with Crippen LogP contribution in [-0.2, 0) is 14.3 Å². The lowest BCUT2D eigenvalue weighted by molar-refractivity contribution is -0.146. The van der Waals surface area contributed by atoms with Crippen molar-refractivity contribution in [1.29, 1.82) is 0 Å². The van der Waals surface area contributed by atoms with Gasteiger partial charge in [-0.15, -0.1) is 0 Å². The first-order chi connectivity index (χ1) is 16.3. The fourth-order valence-electron chi connectivity index (χ4n) is 3.98. The molecule has 3 rings (SSSR count). The number of pyridine rings is 1. The third-order valence-corrected chi connectivity index (χ3v) is 5.93. The summed E-state index contributed by atoms with van der Waals surface area (Å²) < 4.78 is 5.23. The van der Waals surface area contributed by atoms with Crippen LogP contribution in [-0.4, -0.2) is 39.9 Å². The standard InChI is InChI=1S/C25H30Cl2N4O4/c1-14-6-7-20(16-9-17(26)11-18(27)10-16)31(13-14)23(33)22(32)29-19-8-15(2)21(28-12-19)30-24(34)35-25(3,4)5/h8-12,14,20H,6-7,13H2,1-5H3,(H,29,32)(H,28,30,34)/t14-,20+/m1/s1. The molecule has 1 aromatic heterocycles. The number of carbonyl (C=O) groups excluding carboxylic acids is 3. The predicted octanol–water partition coefficient (Wildman–Crippen LogP) is 5.98. The van der Waals surface area contributed by atoms with Crippen molar-refractivity contribution in [3.8, 4) is 0 Å². The van der Waals surface area contributed by atoms with E-state index in [4.69, 9.17) is 27.9 Å². The quantitative estimate of drug-likeness (QED) is 0.484. The van der Waals surface area contributed by atoms with Gasteiger partial charge in [-0.3, -0.25) is 14.9 Å². The molecule has 0 aliphatic carbocycles. The smallest absolute Gasteiger partial charge is 0.413 e. The lowest BCUT2D eigenvalue weighted by Gasteiger charge is -2.38. The molecule has 0 unspecified atom stereocenters. The molecule has 2 atom stereocenters.